The van der Waals surface area contributed by atoms with Crippen LogP contribution in [0.5, 0.6) is 5.75 Å². The minimum Gasteiger partial charge on any atom is -0.479 e. The highest BCUT2D eigenvalue weighted by molar-refractivity contribution is 6.08. The molecule has 4 heteroatoms. The number of carbonyl (C=O) groups is 1. The highest BCUT2D eigenvalue weighted by atomic mass is 16.6. The Morgan fingerprint density at radius 2 is 2.00 bits per heavy atom. The van der Waals surface area contributed by atoms with Gasteiger partial charge in [-0.25, -0.2) is 4.79 Å². The monoisotopic (exact) mass is 262 g/mol. The predicted octanol–water partition coefficient (Wildman–Crippen LogP) is 2.09. The number of hydrogen-bond donors (Lipinski definition) is 0. The van der Waals surface area contributed by atoms with Crippen molar-refractivity contribution in [3.05, 3.63) is 29.3 Å². The molecule has 0 spiro atoms. The van der Waals surface area contributed by atoms with Gasteiger partial charge in [0.05, 0.1) is 6.61 Å². The molecule has 0 aliphatic heterocycles. The summed E-state index contributed by atoms with van der Waals surface area (Å²) in [7, 11) is 2.09. The molecular formula is C15H23BO3. The maximum Gasteiger partial charge on any atom is 0.347 e. The Morgan fingerprint density at radius 1 is 1.32 bits per heavy atom. The molecule has 1 atom stereocenters. The van der Waals surface area contributed by atoms with E-state index in [1.165, 1.54) is 5.56 Å². The zero-order valence-corrected chi connectivity index (χ0v) is 12.5. The summed E-state index contributed by atoms with van der Waals surface area (Å²) in [6.07, 6.45) is 0.368. The third-order valence-corrected chi connectivity index (χ3v) is 2.86. The minimum absolute atomic E-state index is 0.310. The van der Waals surface area contributed by atoms with E-state index in [0.29, 0.717) is 12.5 Å². The summed E-state index contributed by atoms with van der Waals surface area (Å²) >= 11 is 0. The minimum atomic E-state index is -0.579. The molecule has 1 aromatic rings. The van der Waals surface area contributed by atoms with Gasteiger partial charge in [-0.15, -0.1) is 0 Å². The fraction of sp³-hybridized carbons (Fsp3) is 0.533. The van der Waals surface area contributed by atoms with Gasteiger partial charge in [-0.1, -0.05) is 37.9 Å². The smallest absolute Gasteiger partial charge is 0.347 e. The quantitative estimate of drug-likeness (QED) is 0.581. The number of carbonyl (C=O) groups excluding carboxylic acids is 1. The Morgan fingerprint density at radius 3 is 2.58 bits per heavy atom. The zero-order valence-electron chi connectivity index (χ0n) is 12.5. The van der Waals surface area contributed by atoms with E-state index in [1.54, 1.807) is 6.92 Å². The molecule has 0 radical (unpaired) electrons. The SMILES string of the molecule is BCc1ccc(C)c(O[C@@H](C)C(=O)OCC(C)C)c1. The molecule has 0 bridgehead atoms. The molecule has 0 heterocycles. The molecule has 0 aliphatic carbocycles. The first-order valence-electron chi connectivity index (χ1n) is 6.86. The van der Waals surface area contributed by atoms with Crippen molar-refractivity contribution in [1.82, 2.24) is 0 Å². The van der Waals surface area contributed by atoms with Gasteiger partial charge in [0.1, 0.15) is 13.6 Å². The number of hydrogen-bond acceptors (Lipinski definition) is 3. The van der Waals surface area contributed by atoms with E-state index in [4.69, 9.17) is 9.47 Å². The van der Waals surface area contributed by atoms with Crippen molar-refractivity contribution in [2.45, 2.75) is 40.1 Å². The lowest BCUT2D eigenvalue weighted by Crippen LogP contribution is -2.27. The molecule has 0 aliphatic rings. The van der Waals surface area contributed by atoms with Crippen LogP contribution in [-0.2, 0) is 15.9 Å². The summed E-state index contributed by atoms with van der Waals surface area (Å²) in [5, 5.41) is 0. The normalized spacial score (nSPS) is 12.3. The first kappa shape index (κ1) is 15.6. The van der Waals surface area contributed by atoms with Crippen molar-refractivity contribution in [3.63, 3.8) is 0 Å². The second-order valence-corrected chi connectivity index (χ2v) is 5.24. The van der Waals surface area contributed by atoms with Gasteiger partial charge in [0.2, 0.25) is 0 Å². The van der Waals surface area contributed by atoms with Crippen LogP contribution in [0, 0.1) is 12.8 Å². The van der Waals surface area contributed by atoms with Crippen LogP contribution in [0.25, 0.3) is 0 Å². The van der Waals surface area contributed by atoms with Gasteiger partial charge in [0.15, 0.2) is 6.10 Å². The number of benzene rings is 1. The van der Waals surface area contributed by atoms with Gasteiger partial charge in [0.25, 0.3) is 0 Å². The molecule has 0 saturated heterocycles. The van der Waals surface area contributed by atoms with Crippen LogP contribution in [0.4, 0.5) is 0 Å². The molecule has 19 heavy (non-hydrogen) atoms. The summed E-state index contributed by atoms with van der Waals surface area (Å²) in [6.45, 7) is 8.14. The maximum atomic E-state index is 11.8. The number of ether oxygens (including phenoxy) is 2. The van der Waals surface area contributed by atoms with Crippen molar-refractivity contribution >= 4 is 13.8 Å². The number of aryl methyl sites for hydroxylation is 1. The first-order chi connectivity index (χ1) is 8.93. The van der Waals surface area contributed by atoms with Crippen LogP contribution < -0.4 is 4.74 Å². The molecular weight excluding hydrogens is 239 g/mol. The summed E-state index contributed by atoms with van der Waals surface area (Å²) < 4.78 is 10.9. The number of rotatable bonds is 6. The maximum absolute atomic E-state index is 11.8. The van der Waals surface area contributed by atoms with Crippen LogP contribution in [0.2, 0.25) is 0 Å². The van der Waals surface area contributed by atoms with Crippen LogP contribution in [0.1, 0.15) is 31.9 Å². The Balaban J connectivity index is 2.65. The van der Waals surface area contributed by atoms with Gasteiger partial charge >= 0.3 is 5.97 Å². The Hall–Kier alpha value is -1.45. The fourth-order valence-electron chi connectivity index (χ4n) is 1.60. The van der Waals surface area contributed by atoms with Crippen molar-refractivity contribution < 1.29 is 14.3 Å². The van der Waals surface area contributed by atoms with Crippen LogP contribution >= 0.6 is 0 Å². The van der Waals surface area contributed by atoms with Gasteiger partial charge < -0.3 is 9.47 Å². The van der Waals surface area contributed by atoms with E-state index < -0.39 is 6.10 Å². The summed E-state index contributed by atoms with van der Waals surface area (Å²) in [6, 6.07) is 6.08. The van der Waals surface area contributed by atoms with Crippen molar-refractivity contribution in [3.8, 4) is 5.75 Å². The average molecular weight is 262 g/mol. The van der Waals surface area contributed by atoms with Crippen molar-refractivity contribution in [1.29, 1.82) is 0 Å². The molecule has 0 N–H and O–H groups in total. The lowest BCUT2D eigenvalue weighted by Gasteiger charge is -2.17. The van der Waals surface area contributed by atoms with E-state index in [-0.39, 0.29) is 5.97 Å². The highest BCUT2D eigenvalue weighted by Gasteiger charge is 2.17. The Bertz CT molecular complexity index is 429. The second-order valence-electron chi connectivity index (χ2n) is 5.24. The summed E-state index contributed by atoms with van der Waals surface area (Å²) in [4.78, 5) is 11.8. The molecule has 1 rings (SSSR count). The Kier molecular flexibility index (Phi) is 5.93. The standard InChI is InChI=1S/C15H23BO3/c1-10(2)9-18-15(17)12(4)19-14-7-13(8-16)6-5-11(14)3/h5-7,10,12H,8-9,16H2,1-4H3/t12-/m0/s1. The van der Waals surface area contributed by atoms with E-state index in [0.717, 1.165) is 17.6 Å². The van der Waals surface area contributed by atoms with Gasteiger partial charge in [-0.3, -0.25) is 0 Å². The zero-order chi connectivity index (χ0) is 14.4. The molecule has 1 aromatic carbocycles. The third-order valence-electron chi connectivity index (χ3n) is 2.86. The van der Waals surface area contributed by atoms with Gasteiger partial charge in [-0.2, -0.15) is 0 Å². The van der Waals surface area contributed by atoms with Gasteiger partial charge in [-0.05, 0) is 31.4 Å². The van der Waals surface area contributed by atoms with Crippen LogP contribution in [0.15, 0.2) is 18.2 Å². The first-order valence-corrected chi connectivity index (χ1v) is 6.86. The average Bonchev–Trinajstić information content (AvgIpc) is 2.38. The molecule has 104 valence electrons. The highest BCUT2D eigenvalue weighted by Crippen LogP contribution is 2.21. The molecule has 3 nitrogen and oxygen atoms in total. The molecule has 0 fully saturated rings. The fourth-order valence-corrected chi connectivity index (χ4v) is 1.60. The van der Waals surface area contributed by atoms with E-state index in [9.17, 15) is 4.79 Å². The van der Waals surface area contributed by atoms with Crippen LogP contribution in [-0.4, -0.2) is 26.5 Å². The molecule has 0 unspecified atom stereocenters. The van der Waals surface area contributed by atoms with Gasteiger partial charge in [0, 0.05) is 0 Å². The van der Waals surface area contributed by atoms with Crippen molar-refractivity contribution in [2.75, 3.05) is 6.61 Å². The van der Waals surface area contributed by atoms with E-state index >= 15 is 0 Å². The topological polar surface area (TPSA) is 35.5 Å². The summed E-state index contributed by atoms with van der Waals surface area (Å²) in [5.74, 6) is 0.782. The van der Waals surface area contributed by atoms with Crippen LogP contribution in [0.3, 0.4) is 0 Å². The lowest BCUT2D eigenvalue weighted by atomic mass is 9.96. The van der Waals surface area contributed by atoms with E-state index in [2.05, 4.69) is 13.9 Å². The summed E-state index contributed by atoms with van der Waals surface area (Å²) in [5.41, 5.74) is 2.23. The second kappa shape index (κ2) is 7.22. The number of esters is 1. The largest absolute Gasteiger partial charge is 0.479 e. The Labute approximate surface area is 116 Å². The van der Waals surface area contributed by atoms with Crippen molar-refractivity contribution in [2.24, 2.45) is 5.92 Å². The molecule has 0 aromatic heterocycles. The predicted molar refractivity (Wildman–Crippen MR) is 79.3 cm³/mol. The molecule has 0 saturated carbocycles. The molecule has 0 amide bonds. The van der Waals surface area contributed by atoms with E-state index in [1.807, 2.05) is 32.9 Å². The third kappa shape index (κ3) is 4.97. The lowest BCUT2D eigenvalue weighted by molar-refractivity contribution is -0.152.